The average Bonchev–Trinajstić information content (AvgIpc) is 3.58. The molecule has 0 spiro atoms. The van der Waals surface area contributed by atoms with Gasteiger partial charge in [-0.2, -0.15) is 0 Å². The fourth-order valence-electron chi connectivity index (χ4n) is 3.49. The van der Waals surface area contributed by atoms with Crippen LogP contribution in [-0.2, 0) is 0 Å². The molecular weight excluding hydrogens is 407 g/mol. The summed E-state index contributed by atoms with van der Waals surface area (Å²) >= 11 is 5.74. The summed E-state index contributed by atoms with van der Waals surface area (Å²) in [7, 11) is 0. The van der Waals surface area contributed by atoms with Gasteiger partial charge < -0.3 is 15.0 Å². The lowest BCUT2D eigenvalue weighted by atomic mass is 10.1. The van der Waals surface area contributed by atoms with Gasteiger partial charge in [-0.1, -0.05) is 17.7 Å². The van der Waals surface area contributed by atoms with E-state index in [-0.39, 0.29) is 17.2 Å². The van der Waals surface area contributed by atoms with Crippen LogP contribution in [0, 0.1) is 11.7 Å². The normalized spacial score (nSPS) is 15.6. The fourth-order valence-corrected chi connectivity index (χ4v) is 3.60. The first-order chi connectivity index (χ1) is 14.5. The van der Waals surface area contributed by atoms with Gasteiger partial charge in [-0.15, -0.1) is 0 Å². The lowest BCUT2D eigenvalue weighted by molar-refractivity contribution is 0.247. The summed E-state index contributed by atoms with van der Waals surface area (Å²) in [5, 5.41) is 13.1. The first-order valence-corrected chi connectivity index (χ1v) is 10.2. The topological polar surface area (TPSA) is 80.0 Å². The number of nitrogens with zero attached hydrogens (tertiary/aromatic N) is 3. The quantitative estimate of drug-likeness (QED) is 0.596. The van der Waals surface area contributed by atoms with Crippen molar-refractivity contribution in [2.45, 2.75) is 31.8 Å². The number of hydrogen-bond donors (Lipinski definition) is 2. The minimum Gasteiger partial charge on any atom is -0.394 e. The van der Waals surface area contributed by atoms with E-state index < -0.39 is 11.9 Å². The van der Waals surface area contributed by atoms with Crippen molar-refractivity contribution in [2.75, 3.05) is 11.9 Å². The van der Waals surface area contributed by atoms with E-state index in [4.69, 9.17) is 11.6 Å². The van der Waals surface area contributed by atoms with Crippen LogP contribution in [-0.4, -0.2) is 32.3 Å². The van der Waals surface area contributed by atoms with Gasteiger partial charge in [0.15, 0.2) is 0 Å². The predicted molar refractivity (Wildman–Crippen MR) is 114 cm³/mol. The van der Waals surface area contributed by atoms with Crippen molar-refractivity contribution < 1.29 is 9.50 Å². The number of aliphatic hydroxyl groups is 1. The number of pyridine rings is 1. The number of benzene rings is 1. The third kappa shape index (κ3) is 4.37. The summed E-state index contributed by atoms with van der Waals surface area (Å²) in [6.07, 6.45) is 5.67. The zero-order valence-electron chi connectivity index (χ0n) is 16.4. The number of rotatable bonds is 7. The van der Waals surface area contributed by atoms with Crippen LogP contribution in [0.4, 0.5) is 10.3 Å². The summed E-state index contributed by atoms with van der Waals surface area (Å²) < 4.78 is 15.2. The largest absolute Gasteiger partial charge is 0.394 e. The smallest absolute Gasteiger partial charge is 0.251 e. The van der Waals surface area contributed by atoms with E-state index in [0.717, 1.165) is 0 Å². The maximum absolute atomic E-state index is 13.8. The summed E-state index contributed by atoms with van der Waals surface area (Å²) in [4.78, 5) is 21.6. The van der Waals surface area contributed by atoms with Crippen molar-refractivity contribution in [3.8, 4) is 11.3 Å². The fraction of sp³-hybridized carbons (Fsp3) is 0.318. The number of aromatic nitrogens is 3. The highest BCUT2D eigenvalue weighted by molar-refractivity contribution is 6.30. The van der Waals surface area contributed by atoms with E-state index in [9.17, 15) is 14.3 Å². The van der Waals surface area contributed by atoms with Crippen LogP contribution in [0.3, 0.4) is 0 Å². The van der Waals surface area contributed by atoms with Gasteiger partial charge in [0.1, 0.15) is 5.82 Å². The van der Waals surface area contributed by atoms with E-state index in [1.807, 2.05) is 0 Å². The molecule has 0 amide bonds. The number of nitrogens with one attached hydrogen (secondary N) is 1. The van der Waals surface area contributed by atoms with Gasteiger partial charge in [0.05, 0.1) is 23.4 Å². The van der Waals surface area contributed by atoms with E-state index >= 15 is 0 Å². The molecule has 1 fully saturated rings. The monoisotopic (exact) mass is 428 g/mol. The Morgan fingerprint density at radius 3 is 2.77 bits per heavy atom. The number of halogens is 2. The number of hydrogen-bond acceptors (Lipinski definition) is 5. The predicted octanol–water partition coefficient (Wildman–Crippen LogP) is 3.89. The molecule has 0 radical (unpaired) electrons. The molecule has 2 atom stereocenters. The lowest BCUT2D eigenvalue weighted by Crippen LogP contribution is -2.27. The minimum absolute atomic E-state index is 0.0117. The molecule has 4 rings (SSSR count). The van der Waals surface area contributed by atoms with Crippen LogP contribution >= 0.6 is 11.6 Å². The van der Waals surface area contributed by atoms with Gasteiger partial charge in [0.2, 0.25) is 5.95 Å². The Morgan fingerprint density at radius 2 is 2.10 bits per heavy atom. The molecule has 6 nitrogen and oxygen atoms in total. The Bertz CT molecular complexity index is 1120. The molecule has 156 valence electrons. The Balaban J connectivity index is 1.61. The van der Waals surface area contributed by atoms with Crippen molar-refractivity contribution >= 4 is 17.5 Å². The second-order valence-electron chi connectivity index (χ2n) is 7.57. The van der Waals surface area contributed by atoms with Crippen LogP contribution in [0.1, 0.15) is 31.4 Å². The zero-order chi connectivity index (χ0) is 21.3. The molecule has 30 heavy (non-hydrogen) atoms. The third-order valence-corrected chi connectivity index (χ3v) is 5.73. The Labute approximate surface area is 178 Å². The molecule has 1 aromatic carbocycles. The maximum atomic E-state index is 13.8. The highest BCUT2D eigenvalue weighted by Crippen LogP contribution is 2.33. The van der Waals surface area contributed by atoms with Gasteiger partial charge in [-0.25, -0.2) is 14.4 Å². The molecule has 0 saturated heterocycles. The molecule has 0 bridgehead atoms. The lowest BCUT2D eigenvalue weighted by Gasteiger charge is -2.19. The maximum Gasteiger partial charge on any atom is 0.251 e. The molecule has 2 aromatic heterocycles. The second-order valence-corrected chi connectivity index (χ2v) is 7.98. The summed E-state index contributed by atoms with van der Waals surface area (Å²) in [5.74, 6) is 0.592. The van der Waals surface area contributed by atoms with Gasteiger partial charge in [0.25, 0.3) is 5.56 Å². The van der Waals surface area contributed by atoms with Gasteiger partial charge in [0, 0.05) is 30.1 Å². The molecule has 2 heterocycles. The van der Waals surface area contributed by atoms with E-state index in [2.05, 4.69) is 22.2 Å². The van der Waals surface area contributed by atoms with Crippen molar-refractivity contribution in [1.82, 2.24) is 14.5 Å². The van der Waals surface area contributed by atoms with Crippen molar-refractivity contribution in [3.63, 3.8) is 0 Å². The molecule has 1 aliphatic carbocycles. The second kappa shape index (κ2) is 8.53. The first-order valence-electron chi connectivity index (χ1n) is 9.84. The SMILES string of the molecule is C[C@@H](Nc1nccc(-c2ccn(C(CO)c3ccc(Cl)c(F)c3)c(=O)c2)n1)C1CC1. The van der Waals surface area contributed by atoms with Crippen molar-refractivity contribution in [3.05, 3.63) is 75.5 Å². The standard InChI is InChI=1S/C22H22ClFN4O2/c1-13(14-2-3-14)26-22-25-8-6-19(27-22)15-7-9-28(21(30)11-15)20(12-29)16-4-5-17(23)18(24)10-16/h4-11,13-14,20,29H,2-3,12H2,1H3,(H,25,26,27)/t13-,20?/m1/s1. The minimum atomic E-state index is -0.722. The number of anilines is 1. The summed E-state index contributed by atoms with van der Waals surface area (Å²) in [5.41, 5.74) is 1.38. The van der Waals surface area contributed by atoms with Crippen LogP contribution in [0.15, 0.2) is 53.6 Å². The molecule has 1 saturated carbocycles. The van der Waals surface area contributed by atoms with Crippen LogP contribution < -0.4 is 10.9 Å². The molecular formula is C22H22ClFN4O2. The molecule has 8 heteroatoms. The summed E-state index contributed by atoms with van der Waals surface area (Å²) in [6, 6.07) is 8.75. The zero-order valence-corrected chi connectivity index (χ0v) is 17.2. The Hall–Kier alpha value is -2.77. The molecule has 0 aliphatic heterocycles. The highest BCUT2D eigenvalue weighted by atomic mass is 35.5. The average molecular weight is 429 g/mol. The third-order valence-electron chi connectivity index (χ3n) is 5.42. The van der Waals surface area contributed by atoms with E-state index in [1.54, 1.807) is 30.6 Å². The van der Waals surface area contributed by atoms with Crippen LogP contribution in [0.5, 0.6) is 0 Å². The van der Waals surface area contributed by atoms with Gasteiger partial charge in [-0.3, -0.25) is 4.79 Å². The Kier molecular flexibility index (Phi) is 5.83. The molecule has 1 aliphatic rings. The highest BCUT2D eigenvalue weighted by Gasteiger charge is 2.28. The molecule has 3 aromatic rings. The van der Waals surface area contributed by atoms with Gasteiger partial charge >= 0.3 is 0 Å². The first kappa shape index (κ1) is 20.5. The molecule has 1 unspecified atom stereocenters. The van der Waals surface area contributed by atoms with Crippen molar-refractivity contribution in [2.24, 2.45) is 5.92 Å². The van der Waals surface area contributed by atoms with Gasteiger partial charge in [-0.05, 0) is 55.5 Å². The number of aliphatic hydroxyl groups excluding tert-OH is 1. The summed E-state index contributed by atoms with van der Waals surface area (Å²) in [6.45, 7) is 1.75. The van der Waals surface area contributed by atoms with Crippen molar-refractivity contribution in [1.29, 1.82) is 0 Å². The van der Waals surface area contributed by atoms with Crippen LogP contribution in [0.2, 0.25) is 5.02 Å². The van der Waals surface area contributed by atoms with E-state index in [0.29, 0.717) is 34.7 Å². The van der Waals surface area contributed by atoms with Crippen LogP contribution in [0.25, 0.3) is 11.3 Å². The Morgan fingerprint density at radius 1 is 1.30 bits per heavy atom. The molecule has 2 N–H and O–H groups in total. The van der Waals surface area contributed by atoms with E-state index in [1.165, 1.54) is 35.6 Å².